The van der Waals surface area contributed by atoms with Crippen LogP contribution in [-0.2, 0) is 4.79 Å². The molecule has 1 N–H and O–H groups in total. The minimum atomic E-state index is -0.567. The fourth-order valence-corrected chi connectivity index (χ4v) is 1.78. The number of halogens is 2. The molecule has 1 atom stereocenters. The van der Waals surface area contributed by atoms with Crippen molar-refractivity contribution in [3.05, 3.63) is 34.1 Å². The molecule has 0 saturated carbocycles. The van der Waals surface area contributed by atoms with Crippen molar-refractivity contribution in [1.82, 2.24) is 5.32 Å². The summed E-state index contributed by atoms with van der Waals surface area (Å²) in [5, 5.41) is 2.53. The number of nitrogens with one attached hydrogen (secondary N) is 1. The maximum absolute atomic E-state index is 13.2. The molecule has 5 heteroatoms. The van der Waals surface area contributed by atoms with Gasteiger partial charge in [-0.25, -0.2) is 4.39 Å². The fourth-order valence-electron chi connectivity index (χ4n) is 1.34. The number of Topliss-reactive ketones (excluding diaryl/α,β-unsaturated/α-hetero) is 1. The summed E-state index contributed by atoms with van der Waals surface area (Å²) in [5.41, 5.74) is 0.181. The minimum Gasteiger partial charge on any atom is -0.342 e. The van der Waals surface area contributed by atoms with E-state index in [1.165, 1.54) is 18.2 Å². The molecular formula is C12H13BrFNO2. The third kappa shape index (κ3) is 3.36. The van der Waals surface area contributed by atoms with E-state index in [1.54, 1.807) is 13.8 Å². The highest BCUT2D eigenvalue weighted by molar-refractivity contribution is 9.10. The average Bonchev–Trinajstić information content (AvgIpc) is 2.31. The highest BCUT2D eigenvalue weighted by atomic mass is 79.9. The van der Waals surface area contributed by atoms with Crippen molar-refractivity contribution in [2.45, 2.75) is 26.3 Å². The van der Waals surface area contributed by atoms with Gasteiger partial charge in [0.15, 0.2) is 5.78 Å². The van der Waals surface area contributed by atoms with Crippen LogP contribution in [0.5, 0.6) is 0 Å². The smallest absolute Gasteiger partial charge is 0.253 e. The third-order valence-corrected chi connectivity index (χ3v) is 3.18. The Balaban J connectivity index is 2.84. The number of carbonyl (C=O) groups is 2. The van der Waals surface area contributed by atoms with Gasteiger partial charge in [0.25, 0.3) is 5.91 Å². The Morgan fingerprint density at radius 2 is 2.12 bits per heavy atom. The van der Waals surface area contributed by atoms with Crippen LogP contribution in [0.25, 0.3) is 0 Å². The van der Waals surface area contributed by atoms with E-state index in [-0.39, 0.29) is 15.8 Å². The molecule has 17 heavy (non-hydrogen) atoms. The molecule has 92 valence electrons. The Labute approximate surface area is 108 Å². The lowest BCUT2D eigenvalue weighted by atomic mass is 10.1. The molecule has 1 unspecified atom stereocenters. The van der Waals surface area contributed by atoms with Crippen molar-refractivity contribution in [3.8, 4) is 0 Å². The van der Waals surface area contributed by atoms with Gasteiger partial charge in [-0.2, -0.15) is 0 Å². The van der Waals surface area contributed by atoms with Gasteiger partial charge < -0.3 is 5.32 Å². The van der Waals surface area contributed by atoms with Crippen molar-refractivity contribution in [3.63, 3.8) is 0 Å². The van der Waals surface area contributed by atoms with Gasteiger partial charge in [0.2, 0.25) is 0 Å². The lowest BCUT2D eigenvalue weighted by Crippen LogP contribution is -2.38. The van der Waals surface area contributed by atoms with Gasteiger partial charge in [-0.15, -0.1) is 0 Å². The number of hydrogen-bond donors (Lipinski definition) is 1. The van der Waals surface area contributed by atoms with Crippen molar-refractivity contribution in [1.29, 1.82) is 0 Å². The van der Waals surface area contributed by atoms with Gasteiger partial charge in [-0.05, 0) is 35.0 Å². The van der Waals surface area contributed by atoms with Crippen LogP contribution in [0.15, 0.2) is 22.7 Å². The highest BCUT2D eigenvalue weighted by Gasteiger charge is 2.17. The zero-order valence-electron chi connectivity index (χ0n) is 9.59. The molecular weight excluding hydrogens is 289 g/mol. The normalized spacial score (nSPS) is 12.0. The van der Waals surface area contributed by atoms with Gasteiger partial charge in [0.1, 0.15) is 5.82 Å². The highest BCUT2D eigenvalue weighted by Crippen LogP contribution is 2.20. The summed E-state index contributed by atoms with van der Waals surface area (Å²) in [5.74, 6) is -1.04. The molecule has 0 fully saturated rings. The van der Waals surface area contributed by atoms with Crippen LogP contribution in [0.1, 0.15) is 30.6 Å². The molecule has 1 amide bonds. The minimum absolute atomic E-state index is 0.0640. The van der Waals surface area contributed by atoms with Crippen molar-refractivity contribution < 1.29 is 14.0 Å². The van der Waals surface area contributed by atoms with Crippen LogP contribution in [0.4, 0.5) is 4.39 Å². The zero-order chi connectivity index (χ0) is 13.0. The molecule has 0 aliphatic rings. The van der Waals surface area contributed by atoms with Crippen LogP contribution in [0.3, 0.4) is 0 Å². The van der Waals surface area contributed by atoms with E-state index >= 15 is 0 Å². The van der Waals surface area contributed by atoms with E-state index in [4.69, 9.17) is 0 Å². The Morgan fingerprint density at radius 3 is 2.71 bits per heavy atom. The van der Waals surface area contributed by atoms with Crippen LogP contribution < -0.4 is 5.32 Å². The van der Waals surface area contributed by atoms with E-state index in [2.05, 4.69) is 21.2 Å². The first-order valence-corrected chi connectivity index (χ1v) is 6.04. The van der Waals surface area contributed by atoms with E-state index in [9.17, 15) is 14.0 Å². The van der Waals surface area contributed by atoms with Gasteiger partial charge in [0, 0.05) is 6.42 Å². The van der Waals surface area contributed by atoms with Crippen LogP contribution in [0.2, 0.25) is 0 Å². The van der Waals surface area contributed by atoms with Gasteiger partial charge in [-0.3, -0.25) is 9.59 Å². The first kappa shape index (κ1) is 13.8. The number of hydrogen-bond acceptors (Lipinski definition) is 2. The van der Waals surface area contributed by atoms with Crippen LogP contribution in [-0.4, -0.2) is 17.7 Å². The van der Waals surface area contributed by atoms with Crippen LogP contribution in [0, 0.1) is 5.82 Å². The Morgan fingerprint density at radius 1 is 1.47 bits per heavy atom. The first-order chi connectivity index (χ1) is 7.97. The second-order valence-corrected chi connectivity index (χ2v) is 4.41. The molecule has 1 rings (SSSR count). The van der Waals surface area contributed by atoms with E-state index < -0.39 is 17.8 Å². The van der Waals surface area contributed by atoms with Crippen molar-refractivity contribution >= 4 is 27.6 Å². The van der Waals surface area contributed by atoms with Crippen molar-refractivity contribution in [2.24, 2.45) is 0 Å². The number of benzene rings is 1. The summed E-state index contributed by atoms with van der Waals surface area (Å²) in [6, 6.07) is 3.62. The number of rotatable bonds is 4. The Hall–Kier alpha value is -1.23. The van der Waals surface area contributed by atoms with Crippen molar-refractivity contribution in [2.75, 3.05) is 0 Å². The maximum atomic E-state index is 13.2. The van der Waals surface area contributed by atoms with Gasteiger partial charge >= 0.3 is 0 Å². The predicted molar refractivity (Wildman–Crippen MR) is 66.3 cm³/mol. The number of carbonyl (C=O) groups excluding carboxylic acids is 2. The summed E-state index contributed by atoms with van der Waals surface area (Å²) in [6.07, 6.45) is 0.353. The molecule has 1 aromatic rings. The second kappa shape index (κ2) is 5.91. The molecule has 0 bridgehead atoms. The Kier molecular flexibility index (Phi) is 4.81. The van der Waals surface area contributed by atoms with Crippen LogP contribution >= 0.6 is 15.9 Å². The monoisotopic (exact) mass is 301 g/mol. The molecule has 0 aromatic heterocycles. The standard InChI is InChI=1S/C12H13BrFNO2/c1-3-10(16)7(2)15-12(17)8-5-4-6-9(14)11(8)13/h4-7H,3H2,1-2H3,(H,15,17). The average molecular weight is 302 g/mol. The summed E-state index contributed by atoms with van der Waals surface area (Å²) < 4.78 is 13.3. The molecule has 0 heterocycles. The SMILES string of the molecule is CCC(=O)C(C)NC(=O)c1cccc(F)c1Br. The molecule has 0 saturated heterocycles. The van der Waals surface area contributed by atoms with E-state index in [0.717, 1.165) is 0 Å². The Bertz CT molecular complexity index is 448. The molecule has 0 spiro atoms. The molecule has 0 aliphatic carbocycles. The zero-order valence-corrected chi connectivity index (χ0v) is 11.2. The van der Waals surface area contributed by atoms with Gasteiger partial charge in [-0.1, -0.05) is 13.0 Å². The largest absolute Gasteiger partial charge is 0.342 e. The summed E-state index contributed by atoms with van der Waals surface area (Å²) in [4.78, 5) is 23.1. The van der Waals surface area contributed by atoms with Gasteiger partial charge in [0.05, 0.1) is 16.1 Å². The lowest BCUT2D eigenvalue weighted by molar-refractivity contribution is -0.120. The first-order valence-electron chi connectivity index (χ1n) is 5.25. The topological polar surface area (TPSA) is 46.2 Å². The maximum Gasteiger partial charge on any atom is 0.253 e. The third-order valence-electron chi connectivity index (χ3n) is 2.38. The molecule has 0 radical (unpaired) electrons. The summed E-state index contributed by atoms with van der Waals surface area (Å²) >= 11 is 3.00. The molecule has 3 nitrogen and oxygen atoms in total. The summed E-state index contributed by atoms with van der Waals surface area (Å²) in [7, 11) is 0. The summed E-state index contributed by atoms with van der Waals surface area (Å²) in [6.45, 7) is 3.33. The number of amides is 1. The fraction of sp³-hybridized carbons (Fsp3) is 0.333. The quantitative estimate of drug-likeness (QED) is 0.929. The van der Waals surface area contributed by atoms with E-state index in [1.807, 2.05) is 0 Å². The number of ketones is 1. The second-order valence-electron chi connectivity index (χ2n) is 3.62. The molecule has 1 aromatic carbocycles. The molecule has 0 aliphatic heterocycles. The predicted octanol–water partition coefficient (Wildman–Crippen LogP) is 2.69. The van der Waals surface area contributed by atoms with E-state index in [0.29, 0.717) is 6.42 Å². The lowest BCUT2D eigenvalue weighted by Gasteiger charge is -2.12.